The van der Waals surface area contributed by atoms with Crippen LogP contribution >= 0.6 is 0 Å². The van der Waals surface area contributed by atoms with Gasteiger partial charge in [-0.25, -0.2) is 9.07 Å². The van der Waals surface area contributed by atoms with Crippen LogP contribution in [0.3, 0.4) is 0 Å². The molecule has 0 N–H and O–H groups in total. The van der Waals surface area contributed by atoms with Crippen LogP contribution in [0.15, 0.2) is 60.0 Å². The summed E-state index contributed by atoms with van der Waals surface area (Å²) in [6.07, 6.45) is 3.19. The molecular formula is C22H21FN6O2. The number of rotatable bonds is 7. The number of aryl methyl sites for hydroxylation is 2. The minimum Gasteiger partial charge on any atom is -0.493 e. The van der Waals surface area contributed by atoms with Gasteiger partial charge >= 0.3 is 0 Å². The Balaban J connectivity index is 1.51. The molecule has 0 aliphatic heterocycles. The molecule has 2 heterocycles. The topological polar surface area (TPSA) is 79.4 Å². The summed E-state index contributed by atoms with van der Waals surface area (Å²) in [6.45, 7) is 4.16. The summed E-state index contributed by atoms with van der Waals surface area (Å²) in [5, 5.41) is 16.9. The van der Waals surface area contributed by atoms with Crippen LogP contribution in [0.2, 0.25) is 0 Å². The standard InChI is InChI=1S/C22H21FN6O2/c1-15-10-16(2)29(27-15)22-26-24-14-28(22)25-12-18-6-9-20(21(11-18)30-3)31-13-17-4-7-19(23)8-5-17/h4-12,14H,13H2,1-3H3/b25-12-. The summed E-state index contributed by atoms with van der Waals surface area (Å²) < 4.78 is 27.5. The van der Waals surface area contributed by atoms with Crippen LogP contribution in [-0.4, -0.2) is 38.0 Å². The molecule has 0 fully saturated rings. The molecule has 8 nitrogen and oxygen atoms in total. The quantitative estimate of drug-likeness (QED) is 0.426. The maximum Gasteiger partial charge on any atom is 0.273 e. The zero-order valence-corrected chi connectivity index (χ0v) is 17.4. The van der Waals surface area contributed by atoms with E-state index in [1.54, 1.807) is 40.9 Å². The van der Waals surface area contributed by atoms with E-state index in [0.29, 0.717) is 24.1 Å². The molecule has 4 aromatic rings. The number of aromatic nitrogens is 5. The van der Waals surface area contributed by atoms with Gasteiger partial charge in [0, 0.05) is 5.69 Å². The lowest BCUT2D eigenvalue weighted by molar-refractivity contribution is 0.284. The van der Waals surface area contributed by atoms with Crippen molar-refractivity contribution in [1.29, 1.82) is 0 Å². The molecule has 0 saturated heterocycles. The van der Waals surface area contributed by atoms with Crippen LogP contribution in [0.25, 0.3) is 5.95 Å². The first-order chi connectivity index (χ1) is 15.0. The van der Waals surface area contributed by atoms with E-state index in [9.17, 15) is 4.39 Å². The van der Waals surface area contributed by atoms with Gasteiger partial charge in [-0.05, 0) is 61.4 Å². The summed E-state index contributed by atoms with van der Waals surface area (Å²) in [7, 11) is 1.57. The van der Waals surface area contributed by atoms with E-state index >= 15 is 0 Å². The molecule has 0 aliphatic rings. The lowest BCUT2D eigenvalue weighted by Crippen LogP contribution is -2.06. The van der Waals surface area contributed by atoms with Gasteiger partial charge in [-0.2, -0.15) is 14.9 Å². The molecule has 0 saturated carbocycles. The molecular weight excluding hydrogens is 399 g/mol. The number of nitrogens with zero attached hydrogens (tertiary/aromatic N) is 6. The first-order valence-electron chi connectivity index (χ1n) is 9.57. The summed E-state index contributed by atoms with van der Waals surface area (Å²) in [5.41, 5.74) is 3.49. The van der Waals surface area contributed by atoms with Crippen LogP contribution in [-0.2, 0) is 6.61 Å². The average Bonchev–Trinajstić information content (AvgIpc) is 3.37. The highest BCUT2D eigenvalue weighted by Gasteiger charge is 2.11. The van der Waals surface area contributed by atoms with Crippen molar-refractivity contribution in [1.82, 2.24) is 24.7 Å². The molecule has 158 valence electrons. The number of hydrogen-bond acceptors (Lipinski definition) is 6. The van der Waals surface area contributed by atoms with E-state index in [0.717, 1.165) is 22.5 Å². The Kier molecular flexibility index (Phi) is 5.74. The Bertz CT molecular complexity index is 1210. The second-order valence-electron chi connectivity index (χ2n) is 6.88. The summed E-state index contributed by atoms with van der Waals surface area (Å²) >= 11 is 0. The zero-order valence-electron chi connectivity index (χ0n) is 17.4. The van der Waals surface area contributed by atoms with Gasteiger partial charge in [-0.3, -0.25) is 0 Å². The third kappa shape index (κ3) is 4.61. The highest BCUT2D eigenvalue weighted by atomic mass is 19.1. The first-order valence-corrected chi connectivity index (χ1v) is 9.57. The molecule has 0 atom stereocenters. The van der Waals surface area contributed by atoms with Crippen LogP contribution in [0.5, 0.6) is 11.5 Å². The van der Waals surface area contributed by atoms with Gasteiger partial charge in [0.05, 0.1) is 19.0 Å². The van der Waals surface area contributed by atoms with E-state index in [2.05, 4.69) is 20.4 Å². The maximum absolute atomic E-state index is 13.0. The largest absolute Gasteiger partial charge is 0.493 e. The van der Waals surface area contributed by atoms with E-state index in [4.69, 9.17) is 9.47 Å². The van der Waals surface area contributed by atoms with Gasteiger partial charge in [-0.1, -0.05) is 12.1 Å². The van der Waals surface area contributed by atoms with Crippen LogP contribution in [0.4, 0.5) is 4.39 Å². The minimum absolute atomic E-state index is 0.279. The van der Waals surface area contributed by atoms with Crippen molar-refractivity contribution in [2.75, 3.05) is 7.11 Å². The molecule has 31 heavy (non-hydrogen) atoms. The fourth-order valence-electron chi connectivity index (χ4n) is 3.03. The molecule has 0 bridgehead atoms. The van der Waals surface area contributed by atoms with Gasteiger partial charge in [-0.15, -0.1) is 10.2 Å². The molecule has 0 aliphatic carbocycles. The Morgan fingerprint density at radius 3 is 2.58 bits per heavy atom. The maximum atomic E-state index is 13.0. The molecule has 0 unspecified atom stereocenters. The van der Waals surface area contributed by atoms with Gasteiger partial charge in [0.2, 0.25) is 0 Å². The highest BCUT2D eigenvalue weighted by molar-refractivity contribution is 5.80. The van der Waals surface area contributed by atoms with Gasteiger partial charge < -0.3 is 9.47 Å². The van der Waals surface area contributed by atoms with E-state index in [1.165, 1.54) is 18.5 Å². The van der Waals surface area contributed by atoms with Crippen LogP contribution in [0.1, 0.15) is 22.5 Å². The molecule has 0 amide bonds. The van der Waals surface area contributed by atoms with Crippen LogP contribution < -0.4 is 9.47 Å². The number of hydrogen-bond donors (Lipinski definition) is 0. The Labute approximate surface area is 178 Å². The van der Waals surface area contributed by atoms with Gasteiger partial charge in [0.1, 0.15) is 18.8 Å². The molecule has 2 aromatic heterocycles. The van der Waals surface area contributed by atoms with Gasteiger partial charge in [0.15, 0.2) is 11.5 Å². The first kappa shape index (κ1) is 20.3. The van der Waals surface area contributed by atoms with Crippen molar-refractivity contribution < 1.29 is 13.9 Å². The molecule has 4 rings (SSSR count). The lowest BCUT2D eigenvalue weighted by Gasteiger charge is -2.11. The smallest absolute Gasteiger partial charge is 0.273 e. The van der Waals surface area contributed by atoms with E-state index in [-0.39, 0.29) is 5.82 Å². The lowest BCUT2D eigenvalue weighted by atomic mass is 10.2. The van der Waals surface area contributed by atoms with Crippen molar-refractivity contribution >= 4 is 6.21 Å². The van der Waals surface area contributed by atoms with Crippen molar-refractivity contribution in [3.8, 4) is 17.4 Å². The van der Waals surface area contributed by atoms with E-state index < -0.39 is 0 Å². The molecule has 0 spiro atoms. The summed E-state index contributed by atoms with van der Waals surface area (Å²) in [6, 6.07) is 13.6. The SMILES string of the molecule is COc1cc(/C=N\n2cnnc2-n2nc(C)cc2C)ccc1OCc1ccc(F)cc1. The monoisotopic (exact) mass is 420 g/mol. The normalized spacial score (nSPS) is 11.2. The fraction of sp³-hybridized carbons (Fsp3) is 0.182. The van der Waals surface area contributed by atoms with Gasteiger partial charge in [0.25, 0.3) is 5.95 Å². The predicted octanol–water partition coefficient (Wildman–Crippen LogP) is 3.69. The number of methoxy groups -OCH3 is 1. The third-order valence-corrected chi connectivity index (χ3v) is 4.54. The minimum atomic E-state index is -0.279. The third-order valence-electron chi connectivity index (χ3n) is 4.54. The van der Waals surface area contributed by atoms with Crippen molar-refractivity contribution in [2.24, 2.45) is 5.10 Å². The molecule has 2 aromatic carbocycles. The predicted molar refractivity (Wildman–Crippen MR) is 113 cm³/mol. The van der Waals surface area contributed by atoms with Crippen molar-refractivity contribution in [3.63, 3.8) is 0 Å². The Hall–Kier alpha value is -4.01. The van der Waals surface area contributed by atoms with Crippen molar-refractivity contribution in [2.45, 2.75) is 20.5 Å². The fourth-order valence-corrected chi connectivity index (χ4v) is 3.03. The molecule has 9 heteroatoms. The number of halogens is 1. The van der Waals surface area contributed by atoms with E-state index in [1.807, 2.05) is 32.0 Å². The number of benzene rings is 2. The second kappa shape index (κ2) is 8.78. The number of ether oxygens (including phenoxy) is 2. The Morgan fingerprint density at radius 2 is 1.87 bits per heavy atom. The highest BCUT2D eigenvalue weighted by Crippen LogP contribution is 2.28. The summed E-state index contributed by atoms with van der Waals surface area (Å²) in [5.74, 6) is 1.36. The average molecular weight is 420 g/mol. The Morgan fingerprint density at radius 1 is 1.06 bits per heavy atom. The summed E-state index contributed by atoms with van der Waals surface area (Å²) in [4.78, 5) is 0. The van der Waals surface area contributed by atoms with Crippen LogP contribution in [0, 0.1) is 19.7 Å². The molecule has 0 radical (unpaired) electrons. The zero-order chi connectivity index (χ0) is 21.8. The van der Waals surface area contributed by atoms with Crippen molar-refractivity contribution in [3.05, 3.63) is 83.2 Å². The second-order valence-corrected chi connectivity index (χ2v) is 6.88.